The Morgan fingerprint density at radius 2 is 2.08 bits per heavy atom. The minimum absolute atomic E-state index is 0.0521. The van der Waals surface area contributed by atoms with Crippen LogP contribution in [-0.2, 0) is 0 Å². The van der Waals surface area contributed by atoms with E-state index in [2.05, 4.69) is 10.5 Å². The Kier molecular flexibility index (Phi) is 3.33. The third kappa shape index (κ3) is 3.09. The average molecular weight is 174 g/mol. The van der Waals surface area contributed by atoms with Crippen LogP contribution in [0.15, 0.2) is 5.16 Å². The van der Waals surface area contributed by atoms with Gasteiger partial charge in [0.15, 0.2) is 0 Å². The summed E-state index contributed by atoms with van der Waals surface area (Å²) in [5.41, 5.74) is 9.60. The summed E-state index contributed by atoms with van der Waals surface area (Å²) in [4.78, 5) is 10.3. The Morgan fingerprint density at radius 1 is 1.58 bits per heavy atom. The van der Waals surface area contributed by atoms with Gasteiger partial charge in [0.1, 0.15) is 5.84 Å². The molecule has 0 unspecified atom stereocenters. The molecular weight excluding hydrogens is 160 g/mol. The fraction of sp³-hybridized carbons (Fsp3) is 0.667. The van der Waals surface area contributed by atoms with Gasteiger partial charge in [-0.05, 0) is 0 Å². The van der Waals surface area contributed by atoms with E-state index in [0.717, 1.165) is 0 Å². The number of rotatable bonds is 3. The second kappa shape index (κ2) is 3.80. The molecule has 0 atom stereocenters. The molecule has 0 aromatic heterocycles. The molecule has 0 aliphatic heterocycles. The average Bonchev–Trinajstić information content (AvgIpc) is 1.99. The number of amides is 2. The van der Waals surface area contributed by atoms with Crippen molar-refractivity contribution in [2.75, 3.05) is 6.54 Å². The molecule has 0 bridgehead atoms. The number of carbonyl (C=O) groups excluding carboxylic acids is 1. The molecule has 0 aliphatic rings. The van der Waals surface area contributed by atoms with Crippen LogP contribution < -0.4 is 16.8 Å². The molecule has 12 heavy (non-hydrogen) atoms. The molecular formula is C6H14N4O2. The van der Waals surface area contributed by atoms with Gasteiger partial charge in [0.2, 0.25) is 0 Å². The van der Waals surface area contributed by atoms with Crippen molar-refractivity contribution in [2.24, 2.45) is 22.0 Å². The van der Waals surface area contributed by atoms with Gasteiger partial charge in [-0.2, -0.15) is 0 Å². The van der Waals surface area contributed by atoms with Crippen LogP contribution in [0.2, 0.25) is 0 Å². The number of oxime groups is 1. The van der Waals surface area contributed by atoms with Gasteiger partial charge in [-0.25, -0.2) is 4.79 Å². The van der Waals surface area contributed by atoms with Gasteiger partial charge >= 0.3 is 6.03 Å². The van der Waals surface area contributed by atoms with Gasteiger partial charge < -0.3 is 22.0 Å². The number of primary amides is 1. The number of amidine groups is 1. The molecule has 0 saturated carbocycles. The van der Waals surface area contributed by atoms with Crippen molar-refractivity contribution in [3.63, 3.8) is 0 Å². The Bertz CT molecular complexity index is 200. The van der Waals surface area contributed by atoms with E-state index in [1.54, 1.807) is 13.8 Å². The predicted octanol–water partition coefficient (Wildman–Crippen LogP) is -0.573. The maximum atomic E-state index is 10.3. The monoisotopic (exact) mass is 174 g/mol. The lowest BCUT2D eigenvalue weighted by molar-refractivity contribution is 0.245. The third-order valence-corrected chi connectivity index (χ3v) is 1.51. The van der Waals surface area contributed by atoms with E-state index in [1.807, 2.05) is 0 Å². The third-order valence-electron chi connectivity index (χ3n) is 1.51. The highest BCUT2D eigenvalue weighted by Gasteiger charge is 2.23. The highest BCUT2D eigenvalue weighted by Crippen LogP contribution is 2.12. The lowest BCUT2D eigenvalue weighted by Crippen LogP contribution is -2.44. The molecule has 0 heterocycles. The zero-order chi connectivity index (χ0) is 9.78. The molecule has 0 aromatic carbocycles. The number of urea groups is 1. The van der Waals surface area contributed by atoms with Crippen molar-refractivity contribution in [3.05, 3.63) is 0 Å². The Balaban J connectivity index is 4.13. The minimum Gasteiger partial charge on any atom is -0.409 e. The summed E-state index contributed by atoms with van der Waals surface area (Å²) in [5, 5.41) is 13.6. The van der Waals surface area contributed by atoms with Gasteiger partial charge in [-0.15, -0.1) is 0 Å². The summed E-state index contributed by atoms with van der Waals surface area (Å²) in [5.74, 6) is 0.0521. The normalized spacial score (nSPS) is 12.7. The summed E-state index contributed by atoms with van der Waals surface area (Å²) in [6.45, 7) is 3.67. The smallest absolute Gasteiger partial charge is 0.312 e. The summed E-state index contributed by atoms with van der Waals surface area (Å²) in [7, 11) is 0. The van der Waals surface area contributed by atoms with E-state index in [0.29, 0.717) is 0 Å². The molecule has 0 rings (SSSR count). The topological polar surface area (TPSA) is 114 Å². The molecule has 0 fully saturated rings. The maximum Gasteiger partial charge on any atom is 0.312 e. The summed E-state index contributed by atoms with van der Waals surface area (Å²) < 4.78 is 0. The van der Waals surface area contributed by atoms with E-state index in [4.69, 9.17) is 16.7 Å². The van der Waals surface area contributed by atoms with Gasteiger partial charge in [-0.3, -0.25) is 0 Å². The molecule has 2 amide bonds. The van der Waals surface area contributed by atoms with Gasteiger partial charge in [-0.1, -0.05) is 19.0 Å². The number of nitrogens with zero attached hydrogens (tertiary/aromatic N) is 1. The molecule has 70 valence electrons. The van der Waals surface area contributed by atoms with E-state index in [-0.39, 0.29) is 12.4 Å². The molecule has 6 N–H and O–H groups in total. The lowest BCUT2D eigenvalue weighted by atomic mass is 9.92. The van der Waals surface area contributed by atoms with Gasteiger partial charge in [0.05, 0.1) is 0 Å². The van der Waals surface area contributed by atoms with Crippen molar-refractivity contribution in [3.8, 4) is 0 Å². The largest absolute Gasteiger partial charge is 0.409 e. The Morgan fingerprint density at radius 3 is 2.42 bits per heavy atom. The summed E-state index contributed by atoms with van der Waals surface area (Å²) in [6, 6.07) is -0.631. The highest BCUT2D eigenvalue weighted by molar-refractivity contribution is 5.86. The van der Waals surface area contributed by atoms with Crippen LogP contribution >= 0.6 is 0 Å². The Labute approximate surface area is 70.6 Å². The molecule has 0 aromatic rings. The van der Waals surface area contributed by atoms with Crippen LogP contribution in [-0.4, -0.2) is 23.6 Å². The van der Waals surface area contributed by atoms with Crippen molar-refractivity contribution >= 4 is 11.9 Å². The number of hydrogen-bond donors (Lipinski definition) is 4. The first kappa shape index (κ1) is 10.5. The van der Waals surface area contributed by atoms with E-state index >= 15 is 0 Å². The molecule has 0 saturated heterocycles. The van der Waals surface area contributed by atoms with Crippen LogP contribution in [0.25, 0.3) is 0 Å². The van der Waals surface area contributed by atoms with Crippen molar-refractivity contribution in [2.45, 2.75) is 13.8 Å². The van der Waals surface area contributed by atoms with Crippen LogP contribution in [0.1, 0.15) is 13.8 Å². The van der Waals surface area contributed by atoms with Crippen molar-refractivity contribution in [1.29, 1.82) is 0 Å². The maximum absolute atomic E-state index is 10.3. The molecule has 6 heteroatoms. The first-order chi connectivity index (χ1) is 5.40. The zero-order valence-electron chi connectivity index (χ0n) is 7.16. The van der Waals surface area contributed by atoms with Crippen LogP contribution in [0.5, 0.6) is 0 Å². The van der Waals surface area contributed by atoms with Crippen LogP contribution in [0, 0.1) is 5.41 Å². The van der Waals surface area contributed by atoms with Gasteiger partial charge in [0, 0.05) is 12.0 Å². The molecule has 0 aliphatic carbocycles. The molecule has 6 nitrogen and oxygen atoms in total. The molecule has 0 radical (unpaired) electrons. The van der Waals surface area contributed by atoms with Crippen molar-refractivity contribution < 1.29 is 10.0 Å². The van der Waals surface area contributed by atoms with Crippen molar-refractivity contribution in [1.82, 2.24) is 5.32 Å². The second-order valence-corrected chi connectivity index (χ2v) is 3.09. The quantitative estimate of drug-likeness (QED) is 0.199. The van der Waals surface area contributed by atoms with E-state index in [9.17, 15) is 4.79 Å². The highest BCUT2D eigenvalue weighted by atomic mass is 16.4. The van der Waals surface area contributed by atoms with Crippen LogP contribution in [0.3, 0.4) is 0 Å². The summed E-state index contributed by atoms with van der Waals surface area (Å²) in [6.07, 6.45) is 0. The number of carbonyl (C=O) groups is 1. The van der Waals surface area contributed by atoms with E-state index < -0.39 is 11.4 Å². The Hall–Kier alpha value is -1.46. The first-order valence-corrected chi connectivity index (χ1v) is 3.41. The predicted molar refractivity (Wildman–Crippen MR) is 44.8 cm³/mol. The van der Waals surface area contributed by atoms with Crippen LogP contribution in [0.4, 0.5) is 4.79 Å². The summed E-state index contributed by atoms with van der Waals surface area (Å²) >= 11 is 0. The van der Waals surface area contributed by atoms with Gasteiger partial charge in [0.25, 0.3) is 0 Å². The van der Waals surface area contributed by atoms with E-state index in [1.165, 1.54) is 0 Å². The molecule has 0 spiro atoms. The fourth-order valence-corrected chi connectivity index (χ4v) is 0.534. The number of nitrogens with one attached hydrogen (secondary N) is 1. The SMILES string of the molecule is CC(C)(CNC(N)=O)/C(N)=N/O. The fourth-order valence-electron chi connectivity index (χ4n) is 0.534. The lowest BCUT2D eigenvalue weighted by Gasteiger charge is -2.22. The minimum atomic E-state index is -0.631. The second-order valence-electron chi connectivity index (χ2n) is 3.09. The first-order valence-electron chi connectivity index (χ1n) is 3.41. The number of hydrogen-bond acceptors (Lipinski definition) is 3. The number of nitrogens with two attached hydrogens (primary N) is 2. The standard InChI is InChI=1S/C6H14N4O2/c1-6(2,4(7)10-12)3-9-5(8)11/h12H,3H2,1-2H3,(H2,7,10)(H3,8,9,11). The zero-order valence-corrected chi connectivity index (χ0v) is 7.16.